The molecule has 2 aromatic carbocycles. The predicted molar refractivity (Wildman–Crippen MR) is 121 cm³/mol. The lowest BCUT2D eigenvalue weighted by atomic mass is 10.2. The Kier molecular flexibility index (Phi) is 6.36. The highest BCUT2D eigenvalue weighted by atomic mass is 32.1. The van der Waals surface area contributed by atoms with E-state index in [1.807, 2.05) is 11.0 Å². The Bertz CT molecular complexity index is 1090. The van der Waals surface area contributed by atoms with Crippen molar-refractivity contribution in [3.8, 4) is 0 Å². The van der Waals surface area contributed by atoms with Gasteiger partial charge in [0.2, 0.25) is 5.91 Å². The quantitative estimate of drug-likeness (QED) is 0.575. The molecule has 1 aromatic heterocycles. The van der Waals surface area contributed by atoms with Crippen LogP contribution in [-0.4, -0.2) is 42.0 Å². The van der Waals surface area contributed by atoms with Crippen molar-refractivity contribution >= 4 is 33.8 Å². The number of carbonyl (C=O) groups is 1. The molecule has 0 unspecified atom stereocenters. The van der Waals surface area contributed by atoms with Crippen molar-refractivity contribution in [1.82, 2.24) is 9.88 Å². The number of aromatic nitrogens is 1. The maximum Gasteiger partial charge on any atom is 0.416 e. The molecule has 0 aliphatic carbocycles. The van der Waals surface area contributed by atoms with Crippen LogP contribution in [0, 0.1) is 6.92 Å². The van der Waals surface area contributed by atoms with E-state index in [-0.39, 0.29) is 12.3 Å². The Balaban J connectivity index is 1.32. The smallest absolute Gasteiger partial charge is 0.368 e. The first-order chi connectivity index (χ1) is 15.3. The van der Waals surface area contributed by atoms with Gasteiger partial charge in [0.25, 0.3) is 0 Å². The molecule has 1 aliphatic heterocycles. The fourth-order valence-corrected chi connectivity index (χ4v) is 4.38. The number of hydrogen-bond donors (Lipinski definition) is 1. The number of piperazine rings is 1. The molecule has 1 aliphatic rings. The highest BCUT2D eigenvalue weighted by molar-refractivity contribution is 7.13. The summed E-state index contributed by atoms with van der Waals surface area (Å²) in [5.74, 6) is 0.00445. The van der Waals surface area contributed by atoms with E-state index in [0.717, 1.165) is 25.2 Å². The number of nitrogens with zero attached hydrogens (tertiary/aromatic N) is 3. The van der Waals surface area contributed by atoms with Gasteiger partial charge in [-0.15, -0.1) is 11.3 Å². The Morgan fingerprint density at radius 2 is 1.84 bits per heavy atom. The van der Waals surface area contributed by atoms with Gasteiger partial charge in [0.1, 0.15) is 0 Å². The highest BCUT2D eigenvalue weighted by Gasteiger charge is 2.30. The fraction of sp³-hybridized carbons (Fsp3) is 0.304. The third-order valence-electron chi connectivity index (χ3n) is 5.32. The zero-order valence-electron chi connectivity index (χ0n) is 17.5. The summed E-state index contributed by atoms with van der Waals surface area (Å²) < 4.78 is 38.7. The van der Waals surface area contributed by atoms with Crippen LogP contribution in [-0.2, 0) is 17.4 Å². The molecule has 1 fully saturated rings. The van der Waals surface area contributed by atoms with Gasteiger partial charge in [-0.1, -0.05) is 18.2 Å². The average molecular weight is 461 g/mol. The molecule has 168 valence electrons. The van der Waals surface area contributed by atoms with Crippen molar-refractivity contribution in [2.45, 2.75) is 19.5 Å². The van der Waals surface area contributed by atoms with Gasteiger partial charge in [0.05, 0.1) is 17.7 Å². The van der Waals surface area contributed by atoms with E-state index in [0.29, 0.717) is 29.6 Å². The summed E-state index contributed by atoms with van der Waals surface area (Å²) in [7, 11) is 0. The van der Waals surface area contributed by atoms with Gasteiger partial charge in [-0.3, -0.25) is 4.79 Å². The molecule has 1 amide bonds. The summed E-state index contributed by atoms with van der Waals surface area (Å²) >= 11 is 1.26. The molecule has 0 radical (unpaired) electrons. The van der Waals surface area contributed by atoms with E-state index in [1.165, 1.54) is 28.7 Å². The number of carbonyl (C=O) groups excluding carboxylic acids is 1. The predicted octanol–water partition coefficient (Wildman–Crippen LogP) is 5.11. The van der Waals surface area contributed by atoms with Gasteiger partial charge in [-0.25, -0.2) is 4.98 Å². The summed E-state index contributed by atoms with van der Waals surface area (Å²) in [5.41, 5.74) is 2.56. The second-order valence-corrected chi connectivity index (χ2v) is 8.59. The number of anilines is 3. The molecule has 0 atom stereocenters. The largest absolute Gasteiger partial charge is 0.416 e. The van der Waals surface area contributed by atoms with Crippen molar-refractivity contribution in [3.05, 3.63) is 70.7 Å². The van der Waals surface area contributed by atoms with Gasteiger partial charge >= 0.3 is 6.18 Å². The lowest BCUT2D eigenvalue weighted by Gasteiger charge is -2.36. The van der Waals surface area contributed by atoms with Crippen LogP contribution >= 0.6 is 11.3 Å². The van der Waals surface area contributed by atoms with Crippen LogP contribution in [0.4, 0.5) is 29.7 Å². The van der Waals surface area contributed by atoms with Crippen LogP contribution in [0.3, 0.4) is 0 Å². The van der Waals surface area contributed by atoms with Crippen LogP contribution in [0.5, 0.6) is 0 Å². The van der Waals surface area contributed by atoms with Gasteiger partial charge in [0, 0.05) is 42.9 Å². The third kappa shape index (κ3) is 5.40. The number of thiazole rings is 1. The van der Waals surface area contributed by atoms with E-state index in [9.17, 15) is 18.0 Å². The minimum atomic E-state index is -4.40. The molecule has 2 heterocycles. The van der Waals surface area contributed by atoms with Crippen LogP contribution in [0.1, 0.15) is 16.8 Å². The van der Waals surface area contributed by atoms with E-state index >= 15 is 0 Å². The van der Waals surface area contributed by atoms with Gasteiger partial charge in [0.15, 0.2) is 5.13 Å². The van der Waals surface area contributed by atoms with Crippen LogP contribution in [0.2, 0.25) is 0 Å². The molecule has 5 nitrogen and oxygen atoms in total. The SMILES string of the molecule is Cc1cccc(N2CCN(C(=O)Cc3csc(Nc4cccc(C(F)(F)F)c4)n3)CC2)c1. The zero-order chi connectivity index (χ0) is 22.7. The highest BCUT2D eigenvalue weighted by Crippen LogP contribution is 2.32. The monoisotopic (exact) mass is 460 g/mol. The zero-order valence-corrected chi connectivity index (χ0v) is 18.3. The number of halogens is 3. The molecule has 0 saturated carbocycles. The maximum absolute atomic E-state index is 12.9. The van der Waals surface area contributed by atoms with Crippen LogP contribution in [0.15, 0.2) is 53.9 Å². The number of aryl methyl sites for hydroxylation is 1. The molecule has 1 N–H and O–H groups in total. The van der Waals surface area contributed by atoms with Crippen LogP contribution < -0.4 is 10.2 Å². The molecule has 9 heteroatoms. The van der Waals surface area contributed by atoms with Crippen molar-refractivity contribution in [2.75, 3.05) is 36.4 Å². The van der Waals surface area contributed by atoms with Gasteiger partial charge in [-0.05, 0) is 42.8 Å². The third-order valence-corrected chi connectivity index (χ3v) is 6.13. The molecule has 32 heavy (non-hydrogen) atoms. The topological polar surface area (TPSA) is 48.5 Å². The van der Waals surface area contributed by atoms with E-state index in [2.05, 4.69) is 40.3 Å². The Morgan fingerprint density at radius 1 is 1.09 bits per heavy atom. The molecule has 1 saturated heterocycles. The summed E-state index contributed by atoms with van der Waals surface area (Å²) in [4.78, 5) is 21.2. The normalized spacial score (nSPS) is 14.5. The van der Waals surface area contributed by atoms with Crippen molar-refractivity contribution in [1.29, 1.82) is 0 Å². The summed E-state index contributed by atoms with van der Waals surface area (Å²) in [5, 5.41) is 5.11. The van der Waals surface area contributed by atoms with E-state index in [4.69, 9.17) is 0 Å². The first-order valence-electron chi connectivity index (χ1n) is 10.3. The lowest BCUT2D eigenvalue weighted by molar-refractivity contribution is -0.137. The Hall–Kier alpha value is -3.07. The van der Waals surface area contributed by atoms with Crippen molar-refractivity contribution < 1.29 is 18.0 Å². The Morgan fingerprint density at radius 3 is 2.56 bits per heavy atom. The number of amides is 1. The fourth-order valence-electron chi connectivity index (χ4n) is 3.65. The van der Waals surface area contributed by atoms with E-state index in [1.54, 1.807) is 11.4 Å². The number of nitrogens with one attached hydrogen (secondary N) is 1. The number of benzene rings is 2. The molecule has 4 rings (SSSR count). The molecule has 0 bridgehead atoms. The average Bonchev–Trinajstić information content (AvgIpc) is 3.20. The second kappa shape index (κ2) is 9.20. The summed E-state index contributed by atoms with van der Waals surface area (Å²) in [6.45, 7) is 4.90. The molecular formula is C23H23F3N4OS. The van der Waals surface area contributed by atoms with Crippen molar-refractivity contribution in [2.24, 2.45) is 0 Å². The molecule has 3 aromatic rings. The lowest BCUT2D eigenvalue weighted by Crippen LogP contribution is -2.49. The minimum Gasteiger partial charge on any atom is -0.368 e. The van der Waals surface area contributed by atoms with Gasteiger partial charge < -0.3 is 15.1 Å². The van der Waals surface area contributed by atoms with Gasteiger partial charge in [-0.2, -0.15) is 13.2 Å². The first-order valence-corrected chi connectivity index (χ1v) is 11.1. The summed E-state index contributed by atoms with van der Waals surface area (Å²) in [6.07, 6.45) is -4.23. The summed E-state index contributed by atoms with van der Waals surface area (Å²) in [6, 6.07) is 13.3. The number of alkyl halides is 3. The Labute approximate surface area is 188 Å². The molecular weight excluding hydrogens is 437 g/mol. The van der Waals surface area contributed by atoms with Crippen molar-refractivity contribution in [3.63, 3.8) is 0 Å². The second-order valence-electron chi connectivity index (χ2n) is 7.73. The maximum atomic E-state index is 12.9. The van der Waals surface area contributed by atoms with Crippen LogP contribution in [0.25, 0.3) is 0 Å². The minimum absolute atomic E-state index is 0.00445. The van der Waals surface area contributed by atoms with E-state index < -0.39 is 11.7 Å². The number of hydrogen-bond acceptors (Lipinski definition) is 5. The first kappa shape index (κ1) is 22.1. The standard InChI is InChI=1S/C23H23F3N4OS/c1-16-4-2-7-20(12-16)29-8-10-30(11-9-29)21(31)14-19-15-32-22(28-19)27-18-6-3-5-17(13-18)23(24,25)26/h2-7,12-13,15H,8-11,14H2,1H3,(H,27,28). The number of rotatable bonds is 5. The molecule has 0 spiro atoms.